The minimum absolute atomic E-state index is 0.0584. The van der Waals surface area contributed by atoms with E-state index in [1.807, 2.05) is 53.4 Å². The lowest BCUT2D eigenvalue weighted by molar-refractivity contribution is 0.0731. The number of aromatic nitrogens is 1. The van der Waals surface area contributed by atoms with Crippen molar-refractivity contribution >= 4 is 11.7 Å². The van der Waals surface area contributed by atoms with E-state index in [1.165, 1.54) is 12.8 Å². The fourth-order valence-corrected chi connectivity index (χ4v) is 3.87. The van der Waals surface area contributed by atoms with E-state index in [0.29, 0.717) is 5.92 Å². The summed E-state index contributed by atoms with van der Waals surface area (Å²) in [5, 5.41) is 0. The van der Waals surface area contributed by atoms with Gasteiger partial charge in [-0.05, 0) is 56.1 Å². The number of anilines is 1. The zero-order valence-electron chi connectivity index (χ0n) is 13.1. The van der Waals surface area contributed by atoms with E-state index in [4.69, 9.17) is 0 Å². The van der Waals surface area contributed by atoms with Gasteiger partial charge in [-0.1, -0.05) is 24.3 Å². The summed E-state index contributed by atoms with van der Waals surface area (Å²) >= 11 is 0. The lowest BCUT2D eigenvalue weighted by Crippen LogP contribution is -2.59. The van der Waals surface area contributed by atoms with Crippen LogP contribution in [-0.2, 0) is 0 Å². The van der Waals surface area contributed by atoms with Gasteiger partial charge in [0.2, 0.25) is 0 Å². The predicted octanol–water partition coefficient (Wildman–Crippen LogP) is 2.82. The molecule has 4 heterocycles. The van der Waals surface area contributed by atoms with Crippen LogP contribution in [0.1, 0.15) is 23.2 Å². The number of pyridine rings is 1. The summed E-state index contributed by atoms with van der Waals surface area (Å²) < 4.78 is 0. The third-order valence-electron chi connectivity index (χ3n) is 5.09. The Morgan fingerprint density at radius 2 is 1.78 bits per heavy atom. The normalized spacial score (nSPS) is 26.0. The van der Waals surface area contributed by atoms with Crippen molar-refractivity contribution in [3.63, 3.8) is 0 Å². The number of hydrogen-bond acceptors (Lipinski definition) is 3. The van der Waals surface area contributed by atoms with Crippen LogP contribution in [0.2, 0.25) is 0 Å². The smallest absolute Gasteiger partial charge is 0.259 e. The summed E-state index contributed by atoms with van der Waals surface area (Å²) in [6.07, 6.45) is 4.12. The molecule has 23 heavy (non-hydrogen) atoms. The first-order valence-corrected chi connectivity index (χ1v) is 8.35. The fourth-order valence-electron chi connectivity index (χ4n) is 3.87. The Kier molecular flexibility index (Phi) is 3.83. The van der Waals surface area contributed by atoms with Gasteiger partial charge in [-0.15, -0.1) is 0 Å². The van der Waals surface area contributed by atoms with Crippen LogP contribution in [-0.4, -0.2) is 41.5 Å². The number of hydrogen-bond donors (Lipinski definition) is 0. The van der Waals surface area contributed by atoms with Gasteiger partial charge in [0.1, 0.15) is 5.82 Å². The molecule has 2 bridgehead atoms. The minimum Gasteiger partial charge on any atom is -0.301 e. The topological polar surface area (TPSA) is 36.4 Å². The molecule has 1 aromatic heterocycles. The Morgan fingerprint density at radius 1 is 1.04 bits per heavy atom. The summed E-state index contributed by atoms with van der Waals surface area (Å²) in [7, 11) is 0. The minimum atomic E-state index is 0.0584. The van der Waals surface area contributed by atoms with E-state index < -0.39 is 0 Å². The molecule has 118 valence electrons. The average molecular weight is 307 g/mol. The van der Waals surface area contributed by atoms with Crippen molar-refractivity contribution in [1.29, 1.82) is 0 Å². The molecule has 0 unspecified atom stereocenters. The Morgan fingerprint density at radius 3 is 2.39 bits per heavy atom. The van der Waals surface area contributed by atoms with Gasteiger partial charge >= 0.3 is 0 Å². The molecule has 0 saturated carbocycles. The van der Waals surface area contributed by atoms with Crippen LogP contribution in [0.25, 0.3) is 0 Å². The molecule has 4 nitrogen and oxygen atoms in total. The van der Waals surface area contributed by atoms with E-state index in [2.05, 4.69) is 9.88 Å². The number of benzene rings is 1. The van der Waals surface area contributed by atoms with Crippen molar-refractivity contribution in [3.05, 3.63) is 60.3 Å². The highest BCUT2D eigenvalue weighted by Crippen LogP contribution is 2.33. The first kappa shape index (κ1) is 14.4. The molecule has 2 aromatic rings. The molecule has 5 rings (SSSR count). The zero-order valence-corrected chi connectivity index (χ0v) is 13.1. The summed E-state index contributed by atoms with van der Waals surface area (Å²) in [5.41, 5.74) is 0.731. The van der Waals surface area contributed by atoms with Crippen LogP contribution < -0.4 is 4.90 Å². The van der Waals surface area contributed by atoms with Crippen LogP contribution in [0.3, 0.4) is 0 Å². The Bertz CT molecular complexity index is 666. The van der Waals surface area contributed by atoms with E-state index in [9.17, 15) is 4.79 Å². The molecule has 3 aliphatic rings. The number of fused-ring (bicyclic) bond motifs is 3. The molecule has 4 heteroatoms. The lowest BCUT2D eigenvalue weighted by Gasteiger charge is -2.48. The summed E-state index contributed by atoms with van der Waals surface area (Å²) in [6, 6.07) is 15.6. The molecule has 1 atom stereocenters. The lowest BCUT2D eigenvalue weighted by atomic mass is 9.83. The molecule has 0 radical (unpaired) electrons. The van der Waals surface area contributed by atoms with Crippen molar-refractivity contribution in [1.82, 2.24) is 9.88 Å². The second-order valence-electron chi connectivity index (χ2n) is 6.43. The van der Waals surface area contributed by atoms with Crippen LogP contribution in [0, 0.1) is 5.92 Å². The summed E-state index contributed by atoms with van der Waals surface area (Å²) in [6.45, 7) is 3.29. The van der Waals surface area contributed by atoms with Crippen molar-refractivity contribution in [2.75, 3.05) is 24.5 Å². The second kappa shape index (κ2) is 6.13. The Labute approximate surface area is 136 Å². The molecule has 3 fully saturated rings. The highest BCUT2D eigenvalue weighted by molar-refractivity contribution is 6.06. The van der Waals surface area contributed by atoms with Gasteiger partial charge in [0, 0.05) is 18.3 Å². The van der Waals surface area contributed by atoms with Gasteiger partial charge in [-0.25, -0.2) is 4.98 Å². The first-order chi connectivity index (χ1) is 11.3. The van der Waals surface area contributed by atoms with Crippen LogP contribution in [0.4, 0.5) is 5.82 Å². The number of rotatable bonds is 3. The SMILES string of the molecule is O=C(c1ccccc1)N(c1ccccn1)[C@H]1CN2CCC1CC2. The standard InChI is InChI=1S/C19H21N3O/c23-19(16-6-2-1-3-7-16)22(18-8-4-5-11-20-18)17-14-21-12-9-15(17)10-13-21/h1-8,11,15,17H,9-10,12-14H2/t17-/m0/s1. The quantitative estimate of drug-likeness (QED) is 0.875. The number of carbonyl (C=O) groups excluding carboxylic acids is 1. The van der Waals surface area contributed by atoms with Gasteiger partial charge in [0.05, 0.1) is 6.04 Å². The molecular formula is C19H21N3O. The van der Waals surface area contributed by atoms with Crippen molar-refractivity contribution < 1.29 is 4.79 Å². The van der Waals surface area contributed by atoms with Gasteiger partial charge in [0.15, 0.2) is 0 Å². The molecular weight excluding hydrogens is 286 g/mol. The predicted molar refractivity (Wildman–Crippen MR) is 90.4 cm³/mol. The largest absolute Gasteiger partial charge is 0.301 e. The third kappa shape index (κ3) is 2.75. The van der Waals surface area contributed by atoms with Crippen molar-refractivity contribution in [3.8, 4) is 0 Å². The van der Waals surface area contributed by atoms with Gasteiger partial charge in [0.25, 0.3) is 5.91 Å². The third-order valence-corrected chi connectivity index (χ3v) is 5.09. The van der Waals surface area contributed by atoms with Crippen LogP contribution >= 0.6 is 0 Å². The Balaban J connectivity index is 1.71. The van der Waals surface area contributed by atoms with E-state index in [1.54, 1.807) is 6.20 Å². The number of piperidine rings is 3. The van der Waals surface area contributed by atoms with Gasteiger partial charge in [-0.3, -0.25) is 9.69 Å². The van der Waals surface area contributed by atoms with Gasteiger partial charge < -0.3 is 4.90 Å². The second-order valence-corrected chi connectivity index (χ2v) is 6.43. The van der Waals surface area contributed by atoms with E-state index in [0.717, 1.165) is 31.0 Å². The maximum absolute atomic E-state index is 13.2. The summed E-state index contributed by atoms with van der Waals surface area (Å²) in [5.74, 6) is 1.40. The van der Waals surface area contributed by atoms with Crippen molar-refractivity contribution in [2.45, 2.75) is 18.9 Å². The highest BCUT2D eigenvalue weighted by Gasteiger charge is 2.40. The molecule has 1 amide bonds. The molecule has 1 aromatic carbocycles. The molecule has 0 aliphatic carbocycles. The van der Waals surface area contributed by atoms with Gasteiger partial charge in [-0.2, -0.15) is 0 Å². The maximum Gasteiger partial charge on any atom is 0.259 e. The molecule has 0 N–H and O–H groups in total. The first-order valence-electron chi connectivity index (χ1n) is 8.35. The molecule has 0 spiro atoms. The zero-order chi connectivity index (χ0) is 15.6. The highest BCUT2D eigenvalue weighted by atomic mass is 16.2. The van der Waals surface area contributed by atoms with E-state index >= 15 is 0 Å². The number of carbonyl (C=O) groups is 1. The molecule has 3 aliphatic heterocycles. The van der Waals surface area contributed by atoms with Crippen LogP contribution in [0.15, 0.2) is 54.7 Å². The summed E-state index contributed by atoms with van der Waals surface area (Å²) in [4.78, 5) is 22.1. The van der Waals surface area contributed by atoms with Crippen LogP contribution in [0.5, 0.6) is 0 Å². The maximum atomic E-state index is 13.2. The number of amides is 1. The fraction of sp³-hybridized carbons (Fsp3) is 0.368. The monoisotopic (exact) mass is 307 g/mol. The number of nitrogens with zero attached hydrogens (tertiary/aromatic N) is 3. The Hall–Kier alpha value is -2.20. The molecule has 3 saturated heterocycles. The van der Waals surface area contributed by atoms with E-state index in [-0.39, 0.29) is 11.9 Å². The van der Waals surface area contributed by atoms with Crippen molar-refractivity contribution in [2.24, 2.45) is 5.92 Å². The average Bonchev–Trinajstić information content (AvgIpc) is 2.64.